The fraction of sp³-hybridized carbons (Fsp3) is 1.00. The molecule has 2 nitrogen and oxygen atoms in total. The molecule has 1 saturated heterocycles. The fourth-order valence-electron chi connectivity index (χ4n) is 3.19. The Morgan fingerprint density at radius 2 is 1.60 bits per heavy atom. The Bertz CT molecular complexity index is 191. The lowest BCUT2D eigenvalue weighted by Crippen LogP contribution is -2.62. The quantitative estimate of drug-likeness (QED) is 0.703. The van der Waals surface area contributed by atoms with Crippen molar-refractivity contribution >= 4 is 0 Å². The van der Waals surface area contributed by atoms with Gasteiger partial charge in [0.15, 0.2) is 0 Å². The van der Waals surface area contributed by atoms with Crippen molar-refractivity contribution in [2.45, 2.75) is 77.4 Å². The predicted molar refractivity (Wildman–Crippen MR) is 64.9 cm³/mol. The highest BCUT2D eigenvalue weighted by Gasteiger charge is 2.44. The van der Waals surface area contributed by atoms with E-state index in [1.807, 2.05) is 0 Å². The lowest BCUT2D eigenvalue weighted by molar-refractivity contribution is -0.0363. The van der Waals surface area contributed by atoms with Gasteiger partial charge in [0.25, 0.3) is 0 Å². The van der Waals surface area contributed by atoms with Crippen LogP contribution in [-0.4, -0.2) is 28.6 Å². The molecule has 2 radical (unpaired) electrons. The highest BCUT2D eigenvalue weighted by molar-refractivity contribution is 5.00. The molecule has 0 bridgehead atoms. The lowest BCUT2D eigenvalue weighted by Gasteiger charge is -2.54. The average Bonchev–Trinajstić information content (AvgIpc) is 1.98. The second kappa shape index (κ2) is 4.42. The van der Waals surface area contributed by atoms with Crippen molar-refractivity contribution in [1.29, 1.82) is 0 Å². The summed E-state index contributed by atoms with van der Waals surface area (Å²) in [4.78, 5) is 2.58. The molecule has 15 heavy (non-hydrogen) atoms. The van der Waals surface area contributed by atoms with E-state index < -0.39 is 0 Å². The molecule has 0 spiro atoms. The van der Waals surface area contributed by atoms with Gasteiger partial charge in [0.05, 0.1) is 0 Å². The summed E-state index contributed by atoms with van der Waals surface area (Å²) in [6.07, 6.45) is 4.30. The van der Waals surface area contributed by atoms with E-state index in [4.69, 9.17) is 0 Å². The molecule has 0 atom stereocenters. The van der Waals surface area contributed by atoms with Crippen LogP contribution in [0.2, 0.25) is 0 Å². The SMILES string of the molecule is CCCCN1C(C)(C)CC([N])CC1(C)C. The van der Waals surface area contributed by atoms with Crippen molar-refractivity contribution in [2.75, 3.05) is 6.54 Å². The van der Waals surface area contributed by atoms with Crippen molar-refractivity contribution < 1.29 is 0 Å². The van der Waals surface area contributed by atoms with Gasteiger partial charge in [-0.05, 0) is 53.5 Å². The maximum atomic E-state index is 9.90. The summed E-state index contributed by atoms with van der Waals surface area (Å²) in [5.74, 6) is 0. The van der Waals surface area contributed by atoms with E-state index in [1.54, 1.807) is 0 Å². The van der Waals surface area contributed by atoms with E-state index in [2.05, 4.69) is 39.5 Å². The minimum Gasteiger partial charge on any atom is -0.293 e. The van der Waals surface area contributed by atoms with Crippen LogP contribution in [-0.2, 0) is 0 Å². The maximum Gasteiger partial charge on any atom is 0.0468 e. The highest BCUT2D eigenvalue weighted by atomic mass is 15.3. The van der Waals surface area contributed by atoms with E-state index in [-0.39, 0.29) is 17.1 Å². The molecule has 1 aliphatic rings. The van der Waals surface area contributed by atoms with Crippen molar-refractivity contribution in [1.82, 2.24) is 10.6 Å². The normalized spacial score (nSPS) is 26.8. The second-order valence-electron chi connectivity index (χ2n) is 6.19. The van der Waals surface area contributed by atoms with Crippen LogP contribution in [0.3, 0.4) is 0 Å². The van der Waals surface area contributed by atoms with Crippen molar-refractivity contribution in [3.63, 3.8) is 0 Å². The number of rotatable bonds is 3. The van der Waals surface area contributed by atoms with Crippen LogP contribution in [0.1, 0.15) is 60.3 Å². The van der Waals surface area contributed by atoms with Gasteiger partial charge in [-0.15, -0.1) is 5.73 Å². The Labute approximate surface area is 95.2 Å². The Balaban J connectivity index is 2.77. The highest BCUT2D eigenvalue weighted by Crippen LogP contribution is 2.38. The number of unbranched alkanes of at least 4 members (excludes halogenated alkanes) is 1. The van der Waals surface area contributed by atoms with Gasteiger partial charge in [0.1, 0.15) is 0 Å². The van der Waals surface area contributed by atoms with Gasteiger partial charge < -0.3 is 0 Å². The van der Waals surface area contributed by atoms with Crippen LogP contribution in [0, 0.1) is 0 Å². The zero-order chi connectivity index (χ0) is 11.7. The number of nitrogens with zero attached hydrogens (tertiary/aromatic N) is 2. The standard InChI is InChI=1S/C13H26N2/c1-6-7-8-15-12(2,3)9-11(14)10-13(15,4)5/h11H,6-10H2,1-5H3. The second-order valence-corrected chi connectivity index (χ2v) is 6.19. The van der Waals surface area contributed by atoms with Crippen molar-refractivity contribution in [2.24, 2.45) is 0 Å². The van der Waals surface area contributed by atoms with Crippen molar-refractivity contribution in [3.05, 3.63) is 0 Å². The van der Waals surface area contributed by atoms with Crippen molar-refractivity contribution in [3.8, 4) is 0 Å². The van der Waals surface area contributed by atoms with Crippen LogP contribution in [0.25, 0.3) is 0 Å². The minimum absolute atomic E-state index is 0.132. The predicted octanol–water partition coefficient (Wildman–Crippen LogP) is 2.88. The third-order valence-electron chi connectivity index (χ3n) is 3.67. The monoisotopic (exact) mass is 210 g/mol. The molecule has 0 aromatic carbocycles. The van der Waals surface area contributed by atoms with Gasteiger partial charge >= 0.3 is 0 Å². The largest absolute Gasteiger partial charge is 0.293 e. The summed E-state index contributed by atoms with van der Waals surface area (Å²) in [6.45, 7) is 12.4. The third kappa shape index (κ3) is 2.94. The first-order chi connectivity index (χ1) is 6.79. The lowest BCUT2D eigenvalue weighted by atomic mass is 9.77. The average molecular weight is 210 g/mol. The summed E-state index contributed by atoms with van der Waals surface area (Å²) < 4.78 is 0. The van der Waals surface area contributed by atoms with Crippen LogP contribution < -0.4 is 5.73 Å². The molecule has 0 aromatic heterocycles. The Kier molecular flexibility index (Phi) is 3.83. The molecule has 0 aromatic rings. The molecule has 2 heteroatoms. The Morgan fingerprint density at radius 3 is 2.00 bits per heavy atom. The first-order valence-corrected chi connectivity index (χ1v) is 6.25. The minimum atomic E-state index is -0.132. The van der Waals surface area contributed by atoms with Crippen LogP contribution in [0.4, 0.5) is 0 Å². The molecule has 1 rings (SSSR count). The molecular formula is C13H26N2. The molecule has 0 aliphatic carbocycles. The molecule has 0 unspecified atom stereocenters. The van der Waals surface area contributed by atoms with Gasteiger partial charge in [-0.3, -0.25) is 4.90 Å². The van der Waals surface area contributed by atoms with Gasteiger partial charge in [-0.25, -0.2) is 0 Å². The summed E-state index contributed by atoms with van der Waals surface area (Å²) in [5.41, 5.74) is 10.2. The summed E-state index contributed by atoms with van der Waals surface area (Å²) in [6, 6.07) is -0.132. The molecule has 0 amide bonds. The molecule has 1 fully saturated rings. The number of piperidine rings is 1. The number of hydrogen-bond acceptors (Lipinski definition) is 1. The Morgan fingerprint density at radius 1 is 1.13 bits per heavy atom. The molecule has 0 saturated carbocycles. The zero-order valence-corrected chi connectivity index (χ0v) is 11.0. The van der Waals surface area contributed by atoms with E-state index in [0.29, 0.717) is 0 Å². The van der Waals surface area contributed by atoms with Crippen LogP contribution in [0.15, 0.2) is 0 Å². The maximum absolute atomic E-state index is 9.90. The van der Waals surface area contributed by atoms with E-state index in [0.717, 1.165) is 19.4 Å². The smallest absolute Gasteiger partial charge is 0.0468 e. The van der Waals surface area contributed by atoms with E-state index >= 15 is 0 Å². The van der Waals surface area contributed by atoms with Gasteiger partial charge in [-0.1, -0.05) is 13.3 Å². The Hall–Kier alpha value is -0.0800. The first kappa shape index (κ1) is 13.0. The first-order valence-electron chi connectivity index (χ1n) is 6.25. The van der Waals surface area contributed by atoms with E-state index in [1.165, 1.54) is 12.8 Å². The van der Waals surface area contributed by atoms with Gasteiger partial charge in [-0.2, -0.15) is 0 Å². The molecule has 1 heterocycles. The number of hydrogen-bond donors (Lipinski definition) is 0. The van der Waals surface area contributed by atoms with Gasteiger partial charge in [0, 0.05) is 17.1 Å². The van der Waals surface area contributed by atoms with Crippen LogP contribution >= 0.6 is 0 Å². The molecule has 0 N–H and O–H groups in total. The third-order valence-corrected chi connectivity index (χ3v) is 3.67. The summed E-state index contributed by atoms with van der Waals surface area (Å²) in [7, 11) is 0. The summed E-state index contributed by atoms with van der Waals surface area (Å²) in [5, 5.41) is 0. The topological polar surface area (TPSA) is 25.5 Å². The summed E-state index contributed by atoms with van der Waals surface area (Å²) >= 11 is 0. The number of likely N-dealkylation sites (tertiary alicyclic amines) is 1. The zero-order valence-electron chi connectivity index (χ0n) is 11.0. The van der Waals surface area contributed by atoms with E-state index in [9.17, 15) is 5.73 Å². The molecule has 88 valence electrons. The molecule has 1 aliphatic heterocycles. The fourth-order valence-corrected chi connectivity index (χ4v) is 3.19. The van der Waals surface area contributed by atoms with Crippen LogP contribution in [0.5, 0.6) is 0 Å². The van der Waals surface area contributed by atoms with Gasteiger partial charge in [0.2, 0.25) is 0 Å². The molecular weight excluding hydrogens is 184 g/mol.